The first-order chi connectivity index (χ1) is 12.0. The van der Waals surface area contributed by atoms with Crippen LogP contribution >= 0.6 is 0 Å². The van der Waals surface area contributed by atoms with E-state index >= 15 is 0 Å². The lowest BCUT2D eigenvalue weighted by Crippen LogP contribution is -2.28. The standard InChI is InChI=1S/C18H24N4O2S/c1-14-3-5-15(6-4-14)21-25(23,24)16-7-8-18(17(19)13-16)22-11-2-9-20-10-12-22/h3-8,13,20-21H,2,9-12,19H2,1H3. The van der Waals surface area contributed by atoms with Gasteiger partial charge in [-0.05, 0) is 50.2 Å². The number of aryl methyl sites for hydroxylation is 1. The van der Waals surface area contributed by atoms with Crippen LogP contribution in [0.15, 0.2) is 47.4 Å². The van der Waals surface area contributed by atoms with Crippen LogP contribution < -0.4 is 20.7 Å². The third kappa shape index (κ3) is 4.24. The first kappa shape index (κ1) is 17.6. The van der Waals surface area contributed by atoms with Gasteiger partial charge in [0.2, 0.25) is 0 Å². The highest BCUT2D eigenvalue weighted by Gasteiger charge is 2.18. The van der Waals surface area contributed by atoms with Crippen molar-refractivity contribution in [1.29, 1.82) is 0 Å². The maximum Gasteiger partial charge on any atom is 0.261 e. The number of rotatable bonds is 4. The topological polar surface area (TPSA) is 87.5 Å². The number of nitrogens with two attached hydrogens (primary N) is 1. The zero-order valence-corrected chi connectivity index (χ0v) is 15.1. The van der Waals surface area contributed by atoms with Gasteiger partial charge >= 0.3 is 0 Å². The highest BCUT2D eigenvalue weighted by Crippen LogP contribution is 2.27. The molecule has 0 aliphatic carbocycles. The summed E-state index contributed by atoms with van der Waals surface area (Å²) in [6, 6.07) is 12.2. The minimum atomic E-state index is -3.66. The van der Waals surface area contributed by atoms with Gasteiger partial charge in [0.15, 0.2) is 0 Å². The normalized spacial score (nSPS) is 15.6. The Morgan fingerprint density at radius 3 is 2.56 bits per heavy atom. The predicted octanol–water partition coefficient (Wildman–Crippen LogP) is 2.18. The van der Waals surface area contributed by atoms with Gasteiger partial charge in [0, 0.05) is 25.3 Å². The number of nitrogen functional groups attached to an aromatic ring is 1. The molecule has 1 heterocycles. The molecular formula is C18H24N4O2S. The van der Waals surface area contributed by atoms with Crippen molar-refractivity contribution in [3.05, 3.63) is 48.0 Å². The molecule has 0 saturated carbocycles. The van der Waals surface area contributed by atoms with Gasteiger partial charge in [-0.1, -0.05) is 17.7 Å². The Kier molecular flexibility index (Phi) is 5.15. The van der Waals surface area contributed by atoms with Gasteiger partial charge in [-0.3, -0.25) is 4.72 Å². The second kappa shape index (κ2) is 7.33. The monoisotopic (exact) mass is 360 g/mol. The van der Waals surface area contributed by atoms with E-state index in [0.717, 1.165) is 43.9 Å². The molecule has 7 heteroatoms. The fraction of sp³-hybridized carbons (Fsp3) is 0.333. The summed E-state index contributed by atoms with van der Waals surface area (Å²) in [7, 11) is -3.66. The summed E-state index contributed by atoms with van der Waals surface area (Å²) in [6.45, 7) is 5.61. The summed E-state index contributed by atoms with van der Waals surface area (Å²) in [5.74, 6) is 0. The minimum absolute atomic E-state index is 0.169. The van der Waals surface area contributed by atoms with Crippen LogP contribution in [0.4, 0.5) is 17.1 Å². The molecule has 0 radical (unpaired) electrons. The van der Waals surface area contributed by atoms with Crippen LogP contribution in [0.2, 0.25) is 0 Å². The Labute approximate surface area is 149 Å². The van der Waals surface area contributed by atoms with Crippen molar-refractivity contribution in [2.24, 2.45) is 0 Å². The summed E-state index contributed by atoms with van der Waals surface area (Å²) in [4.78, 5) is 2.36. The molecular weight excluding hydrogens is 336 g/mol. The van der Waals surface area contributed by atoms with E-state index in [1.54, 1.807) is 24.3 Å². The summed E-state index contributed by atoms with van der Waals surface area (Å²) in [5.41, 5.74) is 9.13. The second-order valence-corrected chi connectivity index (χ2v) is 7.97. The van der Waals surface area contributed by atoms with Crippen molar-refractivity contribution in [2.45, 2.75) is 18.2 Å². The van der Waals surface area contributed by atoms with E-state index in [2.05, 4.69) is 14.9 Å². The quantitative estimate of drug-likeness (QED) is 0.728. The van der Waals surface area contributed by atoms with Gasteiger partial charge in [-0.25, -0.2) is 8.42 Å². The van der Waals surface area contributed by atoms with Gasteiger partial charge in [-0.2, -0.15) is 0 Å². The minimum Gasteiger partial charge on any atom is -0.397 e. The SMILES string of the molecule is Cc1ccc(NS(=O)(=O)c2ccc(N3CCCNCC3)c(N)c2)cc1. The Morgan fingerprint density at radius 2 is 1.84 bits per heavy atom. The Balaban J connectivity index is 1.82. The van der Waals surface area contributed by atoms with E-state index in [4.69, 9.17) is 5.73 Å². The van der Waals surface area contributed by atoms with E-state index in [1.165, 1.54) is 6.07 Å². The van der Waals surface area contributed by atoms with Gasteiger partial charge < -0.3 is 16.0 Å². The smallest absolute Gasteiger partial charge is 0.261 e. The number of sulfonamides is 1. The number of nitrogens with zero attached hydrogens (tertiary/aromatic N) is 1. The van der Waals surface area contributed by atoms with Gasteiger partial charge in [0.1, 0.15) is 0 Å². The fourth-order valence-electron chi connectivity index (χ4n) is 2.91. The van der Waals surface area contributed by atoms with E-state index in [0.29, 0.717) is 11.4 Å². The molecule has 1 fully saturated rings. The van der Waals surface area contributed by atoms with Crippen molar-refractivity contribution < 1.29 is 8.42 Å². The molecule has 1 aliphatic heterocycles. The molecule has 2 aromatic carbocycles. The van der Waals surface area contributed by atoms with Gasteiger partial charge in [0.05, 0.1) is 16.3 Å². The molecule has 0 unspecified atom stereocenters. The highest BCUT2D eigenvalue weighted by atomic mass is 32.2. The summed E-state index contributed by atoms with van der Waals surface area (Å²) < 4.78 is 27.8. The molecule has 2 aromatic rings. The second-order valence-electron chi connectivity index (χ2n) is 6.28. The number of benzene rings is 2. The lowest BCUT2D eigenvalue weighted by atomic mass is 10.2. The van der Waals surface area contributed by atoms with Crippen LogP contribution in [-0.2, 0) is 10.0 Å². The maximum atomic E-state index is 12.6. The Bertz CT molecular complexity index is 827. The van der Waals surface area contributed by atoms with Gasteiger partial charge in [-0.15, -0.1) is 0 Å². The fourth-order valence-corrected chi connectivity index (χ4v) is 4.00. The molecule has 0 bridgehead atoms. The van der Waals surface area contributed by atoms with E-state index in [9.17, 15) is 8.42 Å². The van der Waals surface area contributed by atoms with E-state index in [1.807, 2.05) is 19.1 Å². The summed E-state index contributed by atoms with van der Waals surface area (Å²) >= 11 is 0. The molecule has 6 nitrogen and oxygen atoms in total. The number of hydrogen-bond acceptors (Lipinski definition) is 5. The zero-order chi connectivity index (χ0) is 17.9. The molecule has 134 valence electrons. The van der Waals surface area contributed by atoms with Crippen molar-refractivity contribution in [3.8, 4) is 0 Å². The van der Waals surface area contributed by atoms with Crippen LogP contribution in [0.3, 0.4) is 0 Å². The molecule has 25 heavy (non-hydrogen) atoms. The van der Waals surface area contributed by atoms with Crippen LogP contribution in [0, 0.1) is 6.92 Å². The molecule has 1 aliphatic rings. The largest absolute Gasteiger partial charge is 0.397 e. The van der Waals surface area contributed by atoms with Crippen LogP contribution in [0.25, 0.3) is 0 Å². The van der Waals surface area contributed by atoms with Crippen LogP contribution in [0.5, 0.6) is 0 Å². The molecule has 0 aromatic heterocycles. The molecule has 0 atom stereocenters. The number of hydrogen-bond donors (Lipinski definition) is 3. The Morgan fingerprint density at radius 1 is 1.08 bits per heavy atom. The molecule has 0 amide bonds. The summed E-state index contributed by atoms with van der Waals surface area (Å²) in [5, 5.41) is 3.34. The van der Waals surface area contributed by atoms with Gasteiger partial charge in [0.25, 0.3) is 10.0 Å². The van der Waals surface area contributed by atoms with E-state index in [-0.39, 0.29) is 4.90 Å². The first-order valence-corrected chi connectivity index (χ1v) is 9.89. The third-order valence-corrected chi connectivity index (χ3v) is 5.67. The maximum absolute atomic E-state index is 12.6. The number of nitrogens with one attached hydrogen (secondary N) is 2. The first-order valence-electron chi connectivity index (χ1n) is 8.40. The summed E-state index contributed by atoms with van der Waals surface area (Å²) in [6.07, 6.45) is 1.04. The van der Waals surface area contributed by atoms with Crippen molar-refractivity contribution in [2.75, 3.05) is 41.5 Å². The lowest BCUT2D eigenvalue weighted by molar-refractivity contribution is 0.601. The molecule has 4 N–H and O–H groups in total. The molecule has 1 saturated heterocycles. The third-order valence-electron chi connectivity index (χ3n) is 4.29. The lowest BCUT2D eigenvalue weighted by Gasteiger charge is -2.24. The van der Waals surface area contributed by atoms with Crippen LogP contribution in [-0.4, -0.2) is 34.6 Å². The predicted molar refractivity (Wildman–Crippen MR) is 103 cm³/mol. The van der Waals surface area contributed by atoms with E-state index < -0.39 is 10.0 Å². The van der Waals surface area contributed by atoms with Crippen molar-refractivity contribution >= 4 is 27.1 Å². The Hall–Kier alpha value is -2.25. The van der Waals surface area contributed by atoms with Crippen LogP contribution in [0.1, 0.15) is 12.0 Å². The number of anilines is 3. The average Bonchev–Trinajstić information content (AvgIpc) is 2.86. The zero-order valence-electron chi connectivity index (χ0n) is 14.3. The molecule has 0 spiro atoms. The average molecular weight is 360 g/mol. The van der Waals surface area contributed by atoms with Crippen molar-refractivity contribution in [1.82, 2.24) is 5.32 Å². The molecule has 3 rings (SSSR count). The van der Waals surface area contributed by atoms with Crippen molar-refractivity contribution in [3.63, 3.8) is 0 Å². The highest BCUT2D eigenvalue weighted by molar-refractivity contribution is 7.92.